The van der Waals surface area contributed by atoms with Crippen molar-refractivity contribution in [2.24, 2.45) is 0 Å². The molecule has 0 aromatic rings. The second-order valence-electron chi connectivity index (χ2n) is 5.52. The molecule has 1 aliphatic carbocycles. The van der Waals surface area contributed by atoms with Crippen LogP contribution in [0.25, 0.3) is 0 Å². The molecule has 1 aliphatic rings. The summed E-state index contributed by atoms with van der Waals surface area (Å²) in [5, 5.41) is 3.41. The molecule has 0 heterocycles. The maximum Gasteiger partial charge on any atom is 0.324 e. The zero-order chi connectivity index (χ0) is 14.1. The average Bonchev–Trinajstić information content (AvgIpc) is 3.23. The largest absolute Gasteiger partial charge is 0.468 e. The van der Waals surface area contributed by atoms with Crippen molar-refractivity contribution in [3.63, 3.8) is 0 Å². The van der Waals surface area contributed by atoms with E-state index in [9.17, 15) is 4.79 Å². The second-order valence-corrected chi connectivity index (χ2v) is 5.52. The van der Waals surface area contributed by atoms with Crippen molar-refractivity contribution in [1.82, 2.24) is 10.2 Å². The molecule has 1 fully saturated rings. The zero-order valence-corrected chi connectivity index (χ0v) is 12.8. The molecule has 112 valence electrons. The van der Waals surface area contributed by atoms with Gasteiger partial charge in [0.05, 0.1) is 7.11 Å². The van der Waals surface area contributed by atoms with Crippen LogP contribution in [0.4, 0.5) is 0 Å². The first-order chi connectivity index (χ1) is 9.21. The smallest absolute Gasteiger partial charge is 0.324 e. The Balaban J connectivity index is 2.45. The van der Waals surface area contributed by atoms with Crippen LogP contribution in [-0.2, 0) is 9.53 Å². The van der Waals surface area contributed by atoms with Crippen molar-refractivity contribution in [3.8, 4) is 0 Å². The number of esters is 1. The van der Waals surface area contributed by atoms with Gasteiger partial charge in [0.2, 0.25) is 0 Å². The fourth-order valence-electron chi connectivity index (χ4n) is 2.19. The number of methoxy groups -OCH3 is 1. The van der Waals surface area contributed by atoms with E-state index >= 15 is 0 Å². The molecule has 4 nitrogen and oxygen atoms in total. The summed E-state index contributed by atoms with van der Waals surface area (Å²) in [5.74, 6) is -0.120. The Morgan fingerprint density at radius 3 is 2.26 bits per heavy atom. The molecule has 1 unspecified atom stereocenters. The van der Waals surface area contributed by atoms with Crippen molar-refractivity contribution in [3.05, 3.63) is 0 Å². The third kappa shape index (κ3) is 6.92. The topological polar surface area (TPSA) is 41.6 Å². The third-order valence-corrected chi connectivity index (χ3v) is 3.60. The van der Waals surface area contributed by atoms with Gasteiger partial charge in [-0.1, -0.05) is 26.7 Å². The molecule has 0 amide bonds. The van der Waals surface area contributed by atoms with E-state index in [-0.39, 0.29) is 12.0 Å². The van der Waals surface area contributed by atoms with Crippen LogP contribution in [-0.4, -0.2) is 49.7 Å². The summed E-state index contributed by atoms with van der Waals surface area (Å²) in [4.78, 5) is 14.3. The normalized spacial score (nSPS) is 16.6. The minimum absolute atomic E-state index is 0.120. The van der Waals surface area contributed by atoms with Crippen LogP contribution >= 0.6 is 0 Å². The highest BCUT2D eigenvalue weighted by Crippen LogP contribution is 2.20. The second kappa shape index (κ2) is 9.32. The van der Waals surface area contributed by atoms with Crippen molar-refractivity contribution in [2.75, 3.05) is 26.7 Å². The number of nitrogens with one attached hydrogen (secondary N) is 1. The molecule has 0 aromatic carbocycles. The first-order valence-corrected chi connectivity index (χ1v) is 7.77. The van der Waals surface area contributed by atoms with Crippen LogP contribution in [0.15, 0.2) is 0 Å². The highest BCUT2D eigenvalue weighted by molar-refractivity contribution is 5.76. The quantitative estimate of drug-likeness (QED) is 0.584. The fraction of sp³-hybridized carbons (Fsp3) is 0.933. The predicted molar refractivity (Wildman–Crippen MR) is 78.2 cm³/mol. The van der Waals surface area contributed by atoms with Crippen LogP contribution in [0.3, 0.4) is 0 Å². The predicted octanol–water partition coefficient (Wildman–Crippen LogP) is 2.18. The SMILES string of the molecule is CCCCN(CCCC)CC(NC1CC1)C(=O)OC. The molecule has 1 saturated carbocycles. The van der Waals surface area contributed by atoms with Crippen molar-refractivity contribution in [2.45, 2.75) is 64.5 Å². The number of nitrogens with zero attached hydrogens (tertiary/aromatic N) is 1. The van der Waals surface area contributed by atoms with Crippen LogP contribution in [0.2, 0.25) is 0 Å². The number of hydrogen-bond acceptors (Lipinski definition) is 4. The summed E-state index contributed by atoms with van der Waals surface area (Å²) in [5.41, 5.74) is 0. The lowest BCUT2D eigenvalue weighted by Crippen LogP contribution is -2.48. The van der Waals surface area contributed by atoms with Gasteiger partial charge >= 0.3 is 5.97 Å². The van der Waals surface area contributed by atoms with Crippen LogP contribution in [0, 0.1) is 0 Å². The van der Waals surface area contributed by atoms with E-state index < -0.39 is 0 Å². The maximum absolute atomic E-state index is 11.8. The maximum atomic E-state index is 11.8. The average molecular weight is 270 g/mol. The molecule has 0 radical (unpaired) electrons. The van der Waals surface area contributed by atoms with Gasteiger partial charge in [-0.3, -0.25) is 4.79 Å². The number of hydrogen-bond donors (Lipinski definition) is 1. The van der Waals surface area contributed by atoms with Crippen molar-refractivity contribution < 1.29 is 9.53 Å². The van der Waals surface area contributed by atoms with E-state index in [2.05, 4.69) is 24.1 Å². The number of rotatable bonds is 11. The summed E-state index contributed by atoms with van der Waals surface area (Å²) < 4.78 is 4.92. The van der Waals surface area contributed by atoms with Gasteiger partial charge in [-0.15, -0.1) is 0 Å². The lowest BCUT2D eigenvalue weighted by molar-refractivity contribution is -0.143. The first kappa shape index (κ1) is 16.4. The molecule has 0 saturated heterocycles. The Labute approximate surface area is 117 Å². The van der Waals surface area contributed by atoms with Gasteiger partial charge in [-0.05, 0) is 38.8 Å². The Kier molecular flexibility index (Phi) is 8.07. The molecular weight excluding hydrogens is 240 g/mol. The Morgan fingerprint density at radius 1 is 1.26 bits per heavy atom. The highest BCUT2D eigenvalue weighted by atomic mass is 16.5. The molecule has 0 bridgehead atoms. The third-order valence-electron chi connectivity index (χ3n) is 3.60. The standard InChI is InChI=1S/C15H30N2O2/c1-4-6-10-17(11-7-5-2)12-14(15(18)19-3)16-13-8-9-13/h13-14,16H,4-12H2,1-3H3. The number of ether oxygens (including phenoxy) is 1. The highest BCUT2D eigenvalue weighted by Gasteiger charge is 2.30. The van der Waals surface area contributed by atoms with Gasteiger partial charge in [0.25, 0.3) is 0 Å². The van der Waals surface area contributed by atoms with Crippen LogP contribution in [0.5, 0.6) is 0 Å². The Bertz CT molecular complexity index is 247. The minimum atomic E-state index is -0.161. The van der Waals surface area contributed by atoms with Crippen LogP contribution < -0.4 is 5.32 Å². The minimum Gasteiger partial charge on any atom is -0.468 e. The summed E-state index contributed by atoms with van der Waals surface area (Å²) in [6, 6.07) is 0.370. The Morgan fingerprint density at radius 2 is 1.84 bits per heavy atom. The summed E-state index contributed by atoms with van der Waals surface area (Å²) in [6.45, 7) is 7.35. The van der Waals surface area contributed by atoms with Gasteiger partial charge in [0.1, 0.15) is 6.04 Å². The lowest BCUT2D eigenvalue weighted by Gasteiger charge is -2.26. The molecule has 1 atom stereocenters. The number of carbonyl (C=O) groups is 1. The summed E-state index contributed by atoms with van der Waals surface area (Å²) >= 11 is 0. The summed E-state index contributed by atoms with van der Waals surface area (Å²) in [6.07, 6.45) is 7.17. The molecule has 19 heavy (non-hydrogen) atoms. The molecule has 0 spiro atoms. The molecule has 0 aliphatic heterocycles. The van der Waals surface area contributed by atoms with Crippen molar-refractivity contribution in [1.29, 1.82) is 0 Å². The number of carbonyl (C=O) groups excluding carboxylic acids is 1. The van der Waals surface area contributed by atoms with E-state index in [0.29, 0.717) is 6.04 Å². The Hall–Kier alpha value is -0.610. The van der Waals surface area contributed by atoms with Gasteiger partial charge in [-0.2, -0.15) is 0 Å². The van der Waals surface area contributed by atoms with Gasteiger partial charge in [0.15, 0.2) is 0 Å². The summed E-state index contributed by atoms with van der Waals surface area (Å²) in [7, 11) is 1.48. The monoisotopic (exact) mass is 270 g/mol. The fourth-order valence-corrected chi connectivity index (χ4v) is 2.19. The van der Waals surface area contributed by atoms with Crippen molar-refractivity contribution >= 4 is 5.97 Å². The zero-order valence-electron chi connectivity index (χ0n) is 12.8. The number of unbranched alkanes of at least 4 members (excludes halogenated alkanes) is 2. The molecule has 1 N–H and O–H groups in total. The molecule has 0 aromatic heterocycles. The van der Waals surface area contributed by atoms with E-state index in [1.807, 2.05) is 0 Å². The van der Waals surface area contributed by atoms with Gasteiger partial charge in [0, 0.05) is 12.6 Å². The van der Waals surface area contributed by atoms with E-state index in [4.69, 9.17) is 4.74 Å². The van der Waals surface area contributed by atoms with E-state index in [1.165, 1.54) is 45.6 Å². The van der Waals surface area contributed by atoms with Gasteiger partial charge in [-0.25, -0.2) is 0 Å². The molecular formula is C15H30N2O2. The molecule has 1 rings (SSSR count). The van der Waals surface area contributed by atoms with Crippen LogP contribution in [0.1, 0.15) is 52.4 Å². The molecule has 4 heteroatoms. The van der Waals surface area contributed by atoms with Gasteiger partial charge < -0.3 is 15.0 Å². The lowest BCUT2D eigenvalue weighted by atomic mass is 10.2. The first-order valence-electron chi connectivity index (χ1n) is 7.77. The van der Waals surface area contributed by atoms with E-state index in [1.54, 1.807) is 0 Å². The van der Waals surface area contributed by atoms with E-state index in [0.717, 1.165) is 19.6 Å².